The monoisotopic (exact) mass is 555 g/mol. The number of aliphatic hydroxyl groups is 1. The van der Waals surface area contributed by atoms with Crippen LogP contribution in [0.5, 0.6) is 0 Å². The van der Waals surface area contributed by atoms with Gasteiger partial charge in [0.15, 0.2) is 0 Å². The molecule has 0 spiro atoms. The number of carbonyl (C=O) groups is 1. The van der Waals surface area contributed by atoms with Gasteiger partial charge in [0.1, 0.15) is 5.78 Å². The van der Waals surface area contributed by atoms with Crippen LogP contribution in [-0.2, 0) is 21.4 Å². The number of ether oxygens (including phenoxy) is 1. The molecule has 0 bridgehead atoms. The molecule has 1 aliphatic heterocycles. The molecule has 5 aliphatic rings. The third-order valence-electron chi connectivity index (χ3n) is 13.3. The van der Waals surface area contributed by atoms with Crippen molar-refractivity contribution < 1.29 is 14.6 Å². The maximum absolute atomic E-state index is 14.5. The third-order valence-corrected chi connectivity index (χ3v) is 14.6. The average Bonchev–Trinajstić information content (AvgIpc) is 3.38. The quantitative estimate of drug-likeness (QED) is 0.404. The summed E-state index contributed by atoms with van der Waals surface area (Å²) in [6.07, 6.45) is 7.51. The van der Waals surface area contributed by atoms with E-state index in [0.29, 0.717) is 30.0 Å². The highest BCUT2D eigenvalue weighted by atomic mass is 32.1. The van der Waals surface area contributed by atoms with Crippen LogP contribution in [0.1, 0.15) is 136 Å². The van der Waals surface area contributed by atoms with E-state index in [2.05, 4.69) is 69.2 Å². The molecule has 4 aliphatic carbocycles. The summed E-state index contributed by atoms with van der Waals surface area (Å²) in [6.45, 7) is 23.1. The fourth-order valence-electron chi connectivity index (χ4n) is 11.7. The Kier molecular flexibility index (Phi) is 6.11. The molecule has 4 nitrogen and oxygen atoms in total. The van der Waals surface area contributed by atoms with Gasteiger partial charge in [-0.05, 0) is 99.7 Å². The molecule has 4 fully saturated rings. The molecule has 218 valence electrons. The summed E-state index contributed by atoms with van der Waals surface area (Å²) in [7, 11) is 0. The van der Waals surface area contributed by atoms with Crippen molar-refractivity contribution in [3.8, 4) is 0 Å². The van der Waals surface area contributed by atoms with Crippen molar-refractivity contribution >= 4 is 17.1 Å². The molecule has 1 aromatic rings. The number of aliphatic hydroxyl groups excluding tert-OH is 1. The maximum Gasteiger partial charge on any atom is 0.138 e. The number of thiazole rings is 1. The highest BCUT2D eigenvalue weighted by Gasteiger charge is 2.73. The molecular formula is C34H53NO3S. The van der Waals surface area contributed by atoms with Gasteiger partial charge in [0.25, 0.3) is 0 Å². The lowest BCUT2D eigenvalue weighted by Crippen LogP contribution is -2.68. The van der Waals surface area contributed by atoms with E-state index in [1.54, 1.807) is 0 Å². The van der Waals surface area contributed by atoms with Gasteiger partial charge in [-0.15, -0.1) is 11.3 Å². The van der Waals surface area contributed by atoms with Gasteiger partial charge in [0.2, 0.25) is 0 Å². The van der Waals surface area contributed by atoms with E-state index in [9.17, 15) is 9.90 Å². The Hall–Kier alpha value is -0.780. The van der Waals surface area contributed by atoms with E-state index >= 15 is 0 Å². The highest BCUT2D eigenvalue weighted by Crippen LogP contribution is 2.75. The molecule has 9 atom stereocenters. The minimum atomic E-state index is -0.353. The Morgan fingerprint density at radius 2 is 1.67 bits per heavy atom. The molecule has 5 heteroatoms. The van der Waals surface area contributed by atoms with E-state index in [0.717, 1.165) is 38.5 Å². The second kappa shape index (κ2) is 8.40. The summed E-state index contributed by atoms with van der Waals surface area (Å²) in [5.74, 6) is 1.59. The highest BCUT2D eigenvalue weighted by molar-refractivity contribution is 7.11. The SMILES string of the molecule is CC(C)c1nc2c(s1)C[C@]1(C)[C@H]3C[C@@H](O)[C@@H]4[C@@H]([C@@]5(C)CCCC(C)(C)O5)CC[C@@]4(C)[C@]3(C)CC(=O)[C@H]1C2(C)C. The number of aromatic nitrogens is 1. The molecule has 6 rings (SSSR count). The molecular weight excluding hydrogens is 502 g/mol. The van der Waals surface area contributed by atoms with E-state index in [4.69, 9.17) is 9.72 Å². The summed E-state index contributed by atoms with van der Waals surface area (Å²) >= 11 is 1.88. The van der Waals surface area contributed by atoms with Gasteiger partial charge in [-0.1, -0.05) is 48.5 Å². The van der Waals surface area contributed by atoms with Crippen LogP contribution in [0.15, 0.2) is 0 Å². The van der Waals surface area contributed by atoms with Crippen LogP contribution in [0, 0.1) is 39.9 Å². The Balaban J connectivity index is 1.42. The predicted molar refractivity (Wildman–Crippen MR) is 158 cm³/mol. The van der Waals surface area contributed by atoms with E-state index < -0.39 is 0 Å². The lowest BCUT2D eigenvalue weighted by molar-refractivity contribution is -0.239. The van der Waals surface area contributed by atoms with E-state index in [1.807, 2.05) is 11.3 Å². The van der Waals surface area contributed by atoms with Crippen molar-refractivity contribution in [1.82, 2.24) is 4.98 Å². The number of hydrogen-bond acceptors (Lipinski definition) is 5. The number of Topliss-reactive ketones (excluding diaryl/α,β-unsaturated/α-hetero) is 1. The summed E-state index contributed by atoms with van der Waals surface area (Å²) in [5.41, 5.74) is 0.155. The molecule has 1 saturated heterocycles. The molecule has 0 aromatic carbocycles. The molecule has 0 unspecified atom stereocenters. The minimum Gasteiger partial charge on any atom is -0.393 e. The largest absolute Gasteiger partial charge is 0.393 e. The fraction of sp³-hybridized carbons (Fsp3) is 0.882. The summed E-state index contributed by atoms with van der Waals surface area (Å²) in [6, 6.07) is 0. The van der Waals surface area contributed by atoms with Gasteiger partial charge in [-0.3, -0.25) is 4.79 Å². The number of rotatable bonds is 2. The zero-order valence-electron chi connectivity index (χ0n) is 26.2. The zero-order chi connectivity index (χ0) is 28.6. The fourth-order valence-corrected chi connectivity index (χ4v) is 13.1. The predicted octanol–water partition coefficient (Wildman–Crippen LogP) is 7.85. The first-order valence-electron chi connectivity index (χ1n) is 15.8. The normalized spacial score (nSPS) is 48.3. The van der Waals surface area contributed by atoms with Crippen LogP contribution in [0.4, 0.5) is 0 Å². The van der Waals surface area contributed by atoms with Crippen LogP contribution >= 0.6 is 11.3 Å². The molecule has 1 N–H and O–H groups in total. The smallest absolute Gasteiger partial charge is 0.138 e. The van der Waals surface area contributed by atoms with Crippen LogP contribution in [0.3, 0.4) is 0 Å². The summed E-state index contributed by atoms with van der Waals surface area (Å²) in [4.78, 5) is 21.0. The number of ketones is 1. The molecule has 1 aromatic heterocycles. The van der Waals surface area contributed by atoms with Crippen LogP contribution < -0.4 is 0 Å². The van der Waals surface area contributed by atoms with Gasteiger partial charge in [0.05, 0.1) is 28.0 Å². The molecule has 39 heavy (non-hydrogen) atoms. The summed E-state index contributed by atoms with van der Waals surface area (Å²) < 4.78 is 6.89. The van der Waals surface area contributed by atoms with Gasteiger partial charge in [0, 0.05) is 28.5 Å². The van der Waals surface area contributed by atoms with Gasteiger partial charge < -0.3 is 9.84 Å². The molecule has 0 amide bonds. The van der Waals surface area contributed by atoms with Crippen LogP contribution in [-0.4, -0.2) is 33.2 Å². The molecule has 3 saturated carbocycles. The Morgan fingerprint density at radius 1 is 0.974 bits per heavy atom. The zero-order valence-corrected chi connectivity index (χ0v) is 27.1. The number of carbonyl (C=O) groups excluding carboxylic acids is 1. The second-order valence-corrected chi connectivity index (χ2v) is 18.0. The number of hydrogen-bond donors (Lipinski definition) is 1. The lowest BCUT2D eigenvalue weighted by atomic mass is 9.35. The van der Waals surface area contributed by atoms with Gasteiger partial charge >= 0.3 is 0 Å². The van der Waals surface area contributed by atoms with Crippen molar-refractivity contribution in [3.05, 3.63) is 15.6 Å². The first-order chi connectivity index (χ1) is 17.9. The van der Waals surface area contributed by atoms with Crippen molar-refractivity contribution in [2.75, 3.05) is 0 Å². The van der Waals surface area contributed by atoms with Crippen LogP contribution in [0.25, 0.3) is 0 Å². The Bertz CT molecular complexity index is 1190. The molecule has 2 heterocycles. The maximum atomic E-state index is 14.5. The average molecular weight is 556 g/mol. The first-order valence-corrected chi connectivity index (χ1v) is 16.6. The first kappa shape index (κ1) is 28.3. The number of nitrogens with zero attached hydrogens (tertiary/aromatic N) is 1. The minimum absolute atomic E-state index is 0.0535. The van der Waals surface area contributed by atoms with Crippen molar-refractivity contribution in [1.29, 1.82) is 0 Å². The Morgan fingerprint density at radius 3 is 2.31 bits per heavy atom. The van der Waals surface area contributed by atoms with Crippen molar-refractivity contribution in [2.24, 2.45) is 39.9 Å². The standard InChI is InChI=1S/C34H53NO3S/c1-19(2)28-35-27-23(39-28)18-31(7)24-16-21(36)25-20(34(10)14-11-13-29(3,4)38-34)12-15-32(25,8)33(24,9)17-22(37)26(31)30(27,5)6/h19-21,24-26,36H,11-18H2,1-10H3/t20-,21+,24+,25-,26-,31+,32+,33+,34+/m0/s1. The van der Waals surface area contributed by atoms with Crippen molar-refractivity contribution in [2.45, 2.75) is 149 Å². The molecule has 0 radical (unpaired) electrons. The summed E-state index contributed by atoms with van der Waals surface area (Å²) in [5, 5.41) is 13.4. The van der Waals surface area contributed by atoms with Gasteiger partial charge in [-0.25, -0.2) is 4.98 Å². The Labute approximate surface area is 241 Å². The van der Waals surface area contributed by atoms with Crippen LogP contribution in [0.2, 0.25) is 0 Å². The van der Waals surface area contributed by atoms with E-state index in [1.165, 1.54) is 22.0 Å². The van der Waals surface area contributed by atoms with E-state index in [-0.39, 0.29) is 50.8 Å². The topological polar surface area (TPSA) is 59.4 Å². The lowest BCUT2D eigenvalue weighted by Gasteiger charge is -2.69. The second-order valence-electron chi connectivity index (χ2n) is 16.8. The van der Waals surface area contributed by atoms with Gasteiger partial charge in [-0.2, -0.15) is 0 Å². The van der Waals surface area contributed by atoms with Crippen molar-refractivity contribution in [3.63, 3.8) is 0 Å². The number of fused-ring (bicyclic) bond motifs is 6. The third kappa shape index (κ3) is 3.67.